The predicted molar refractivity (Wildman–Crippen MR) is 72.2 cm³/mol. The normalized spacial score (nSPS) is 11.4. The summed E-state index contributed by atoms with van der Waals surface area (Å²) in [4.78, 5) is 17.9. The van der Waals surface area contributed by atoms with Gasteiger partial charge in [-0.3, -0.25) is 4.79 Å². The smallest absolute Gasteiger partial charge is 0.276 e. The largest absolute Gasteiger partial charge is 0.391 e. The monoisotopic (exact) mass is 280 g/mol. The van der Waals surface area contributed by atoms with Gasteiger partial charge in [0.25, 0.3) is 5.56 Å². The Morgan fingerprint density at radius 2 is 1.84 bits per heavy atom. The van der Waals surface area contributed by atoms with Gasteiger partial charge >= 0.3 is 0 Å². The second-order valence-electron chi connectivity index (χ2n) is 3.98. The summed E-state index contributed by atoms with van der Waals surface area (Å²) in [7, 11) is -3.45. The summed E-state index contributed by atoms with van der Waals surface area (Å²) in [6, 6.07) is 6.18. The Kier molecular flexibility index (Phi) is 3.03. The molecule has 0 bridgehead atoms. The van der Waals surface area contributed by atoms with E-state index in [1.165, 1.54) is 12.1 Å². The summed E-state index contributed by atoms with van der Waals surface area (Å²) in [5.41, 5.74) is 10.4. The molecule has 0 atom stereocenters. The van der Waals surface area contributed by atoms with Crippen LogP contribution in [0.4, 0.5) is 11.5 Å². The highest BCUT2D eigenvalue weighted by Gasteiger charge is 2.16. The molecule has 0 aliphatic heterocycles. The molecule has 1 heterocycles. The summed E-state index contributed by atoms with van der Waals surface area (Å²) in [6.07, 6.45) is 1.07. The van der Waals surface area contributed by atoms with Crippen molar-refractivity contribution < 1.29 is 8.42 Å². The molecule has 19 heavy (non-hydrogen) atoms. The fourth-order valence-electron chi connectivity index (χ4n) is 1.61. The van der Waals surface area contributed by atoms with Crippen molar-refractivity contribution in [3.63, 3.8) is 0 Å². The first-order chi connectivity index (χ1) is 8.80. The van der Waals surface area contributed by atoms with Gasteiger partial charge in [-0.15, -0.1) is 0 Å². The van der Waals surface area contributed by atoms with E-state index in [2.05, 4.69) is 9.97 Å². The van der Waals surface area contributed by atoms with Gasteiger partial charge in [0.1, 0.15) is 11.5 Å². The molecule has 7 nitrogen and oxygen atoms in total. The second kappa shape index (κ2) is 4.39. The van der Waals surface area contributed by atoms with E-state index in [-0.39, 0.29) is 27.8 Å². The Bertz CT molecular complexity index is 796. The van der Waals surface area contributed by atoms with Gasteiger partial charge in [-0.25, -0.2) is 13.4 Å². The Balaban J connectivity index is 2.77. The molecule has 1 aromatic heterocycles. The number of rotatable bonds is 2. The maximum Gasteiger partial charge on any atom is 0.276 e. The number of nitrogens with one attached hydrogen (secondary N) is 1. The molecule has 0 amide bonds. The third-order valence-corrected chi connectivity index (χ3v) is 3.68. The van der Waals surface area contributed by atoms with Crippen molar-refractivity contribution in [3.05, 3.63) is 34.6 Å². The molecule has 5 N–H and O–H groups in total. The highest BCUT2D eigenvalue weighted by Crippen LogP contribution is 2.24. The number of anilines is 2. The third kappa shape index (κ3) is 2.43. The lowest BCUT2D eigenvalue weighted by Crippen LogP contribution is -2.17. The van der Waals surface area contributed by atoms with Gasteiger partial charge in [0.05, 0.1) is 4.90 Å². The summed E-state index contributed by atoms with van der Waals surface area (Å²) in [6.45, 7) is 0. The van der Waals surface area contributed by atoms with E-state index in [9.17, 15) is 13.2 Å². The van der Waals surface area contributed by atoms with Gasteiger partial charge in [-0.2, -0.15) is 0 Å². The standard InChI is InChI=1S/C11H12N4O3S/c1-19(17,18)7-5-3-2-4-6(7)10-14-9(13)8(12)11(16)15-10/h2-5H,12H2,1H3,(H3,13,14,15,16). The Morgan fingerprint density at radius 1 is 1.21 bits per heavy atom. The molecular formula is C11H12N4O3S. The Hall–Kier alpha value is -2.35. The zero-order chi connectivity index (χ0) is 14.2. The first-order valence-electron chi connectivity index (χ1n) is 5.25. The number of nitrogens with zero attached hydrogens (tertiary/aromatic N) is 1. The van der Waals surface area contributed by atoms with E-state index in [0.29, 0.717) is 0 Å². The van der Waals surface area contributed by atoms with Gasteiger partial charge in [-0.05, 0) is 12.1 Å². The van der Waals surface area contributed by atoms with E-state index in [4.69, 9.17) is 11.5 Å². The van der Waals surface area contributed by atoms with E-state index < -0.39 is 15.4 Å². The maximum absolute atomic E-state index is 11.7. The fraction of sp³-hybridized carbons (Fsp3) is 0.0909. The lowest BCUT2D eigenvalue weighted by atomic mass is 10.2. The average molecular weight is 280 g/mol. The summed E-state index contributed by atoms with van der Waals surface area (Å²) < 4.78 is 23.4. The molecule has 0 fully saturated rings. The minimum Gasteiger partial charge on any atom is -0.391 e. The van der Waals surface area contributed by atoms with Crippen LogP contribution in [0.15, 0.2) is 34.0 Å². The number of nitrogens with two attached hydrogens (primary N) is 2. The number of hydrogen-bond donors (Lipinski definition) is 3. The number of nitrogen functional groups attached to an aromatic ring is 2. The van der Waals surface area contributed by atoms with E-state index in [1.54, 1.807) is 12.1 Å². The van der Waals surface area contributed by atoms with Crippen molar-refractivity contribution in [2.75, 3.05) is 17.7 Å². The van der Waals surface area contributed by atoms with Gasteiger partial charge in [-0.1, -0.05) is 12.1 Å². The van der Waals surface area contributed by atoms with Crippen LogP contribution < -0.4 is 17.0 Å². The van der Waals surface area contributed by atoms with Crippen LogP contribution in [0.5, 0.6) is 0 Å². The summed E-state index contributed by atoms with van der Waals surface area (Å²) >= 11 is 0. The summed E-state index contributed by atoms with van der Waals surface area (Å²) in [5, 5.41) is 0. The second-order valence-corrected chi connectivity index (χ2v) is 5.97. The van der Waals surface area contributed by atoms with Crippen molar-refractivity contribution >= 4 is 21.3 Å². The van der Waals surface area contributed by atoms with Crippen LogP contribution in [0.3, 0.4) is 0 Å². The molecule has 8 heteroatoms. The molecule has 0 spiro atoms. The van der Waals surface area contributed by atoms with E-state index >= 15 is 0 Å². The van der Waals surface area contributed by atoms with Crippen molar-refractivity contribution in [1.82, 2.24) is 9.97 Å². The lowest BCUT2D eigenvalue weighted by Gasteiger charge is -2.08. The van der Waals surface area contributed by atoms with Crippen LogP contribution in [0.1, 0.15) is 0 Å². The first-order valence-corrected chi connectivity index (χ1v) is 7.14. The van der Waals surface area contributed by atoms with Crippen molar-refractivity contribution in [3.8, 4) is 11.4 Å². The quantitative estimate of drug-likeness (QED) is 0.709. The van der Waals surface area contributed by atoms with E-state index in [1.807, 2.05) is 0 Å². The maximum atomic E-state index is 11.7. The highest BCUT2D eigenvalue weighted by atomic mass is 32.2. The molecule has 0 saturated heterocycles. The number of sulfone groups is 1. The van der Waals surface area contributed by atoms with Crippen LogP contribution in [-0.4, -0.2) is 24.6 Å². The number of H-pyrrole nitrogens is 1. The van der Waals surface area contributed by atoms with Gasteiger partial charge in [0.15, 0.2) is 15.7 Å². The number of benzene rings is 1. The molecule has 100 valence electrons. The first kappa shape index (κ1) is 13.1. The molecule has 1 aromatic carbocycles. The molecule has 0 unspecified atom stereocenters. The van der Waals surface area contributed by atoms with Crippen LogP contribution >= 0.6 is 0 Å². The minimum absolute atomic E-state index is 0.0577. The zero-order valence-electron chi connectivity index (χ0n) is 10.0. The SMILES string of the molecule is CS(=O)(=O)c1ccccc1-c1nc(N)c(N)c(=O)[nH]1. The summed E-state index contributed by atoms with van der Waals surface area (Å²) in [5.74, 6) is -0.0696. The molecule has 2 rings (SSSR count). The Labute approximate surface area is 109 Å². The van der Waals surface area contributed by atoms with Crippen LogP contribution in [0.2, 0.25) is 0 Å². The average Bonchev–Trinajstić information content (AvgIpc) is 2.34. The number of hydrogen-bond acceptors (Lipinski definition) is 6. The molecule has 0 aliphatic rings. The Morgan fingerprint density at radius 3 is 2.42 bits per heavy atom. The molecular weight excluding hydrogens is 268 g/mol. The number of aromatic nitrogens is 2. The number of aromatic amines is 1. The molecule has 0 aliphatic carbocycles. The molecule has 0 saturated carbocycles. The van der Waals surface area contributed by atoms with Crippen molar-refractivity contribution in [2.24, 2.45) is 0 Å². The highest BCUT2D eigenvalue weighted by molar-refractivity contribution is 7.90. The molecule has 0 radical (unpaired) electrons. The van der Waals surface area contributed by atoms with Crippen LogP contribution in [0.25, 0.3) is 11.4 Å². The van der Waals surface area contributed by atoms with Gasteiger partial charge < -0.3 is 16.5 Å². The van der Waals surface area contributed by atoms with E-state index in [0.717, 1.165) is 6.26 Å². The lowest BCUT2D eigenvalue weighted by molar-refractivity contribution is 0.602. The van der Waals surface area contributed by atoms with Crippen molar-refractivity contribution in [2.45, 2.75) is 4.90 Å². The third-order valence-electron chi connectivity index (χ3n) is 2.53. The molecule has 2 aromatic rings. The fourth-order valence-corrected chi connectivity index (χ4v) is 2.50. The predicted octanol–water partition coefficient (Wildman–Crippen LogP) is 0.00480. The van der Waals surface area contributed by atoms with Gasteiger partial charge in [0.2, 0.25) is 0 Å². The topological polar surface area (TPSA) is 132 Å². The zero-order valence-corrected chi connectivity index (χ0v) is 10.9. The van der Waals surface area contributed by atoms with Crippen molar-refractivity contribution in [1.29, 1.82) is 0 Å². The van der Waals surface area contributed by atoms with Crippen LogP contribution in [-0.2, 0) is 9.84 Å². The minimum atomic E-state index is -3.45. The van der Waals surface area contributed by atoms with Gasteiger partial charge in [0, 0.05) is 11.8 Å². The van der Waals surface area contributed by atoms with Crippen LogP contribution in [0, 0.1) is 0 Å².